The molecule has 1 amide bonds. The molecule has 0 aliphatic carbocycles. The highest BCUT2D eigenvalue weighted by molar-refractivity contribution is 5.95. The largest absolute Gasteiger partial charge is 0.493 e. The van der Waals surface area contributed by atoms with Crippen LogP contribution in [0.2, 0.25) is 0 Å². The van der Waals surface area contributed by atoms with Gasteiger partial charge >= 0.3 is 0 Å². The first-order valence-electron chi connectivity index (χ1n) is 10.2. The highest BCUT2D eigenvalue weighted by Crippen LogP contribution is 2.27. The van der Waals surface area contributed by atoms with E-state index in [1.165, 1.54) is 0 Å². The summed E-state index contributed by atoms with van der Waals surface area (Å²) >= 11 is 0. The minimum atomic E-state index is -0.257. The number of morpholine rings is 1. The number of aromatic nitrogens is 1. The summed E-state index contributed by atoms with van der Waals surface area (Å²) in [6.07, 6.45) is 2.28. The number of benzene rings is 1. The number of methoxy groups -OCH3 is 2. The molecule has 7 nitrogen and oxygen atoms in total. The van der Waals surface area contributed by atoms with Crippen molar-refractivity contribution in [2.45, 2.75) is 45.9 Å². The Morgan fingerprint density at radius 1 is 1.10 bits per heavy atom. The van der Waals surface area contributed by atoms with E-state index in [0.29, 0.717) is 43.1 Å². The van der Waals surface area contributed by atoms with Crippen molar-refractivity contribution in [3.05, 3.63) is 57.5 Å². The molecule has 1 saturated heterocycles. The molecule has 3 rings (SSSR count). The number of pyridine rings is 1. The van der Waals surface area contributed by atoms with Crippen molar-refractivity contribution in [2.24, 2.45) is 0 Å². The van der Waals surface area contributed by atoms with Crippen molar-refractivity contribution < 1.29 is 19.0 Å². The second kappa shape index (κ2) is 9.34. The van der Waals surface area contributed by atoms with Gasteiger partial charge in [-0.1, -0.05) is 6.07 Å². The lowest BCUT2D eigenvalue weighted by Gasteiger charge is -2.35. The molecule has 1 aliphatic rings. The van der Waals surface area contributed by atoms with Crippen LogP contribution in [0.1, 0.15) is 35.3 Å². The zero-order valence-corrected chi connectivity index (χ0v) is 18.3. The summed E-state index contributed by atoms with van der Waals surface area (Å²) < 4.78 is 17.9. The molecule has 0 bridgehead atoms. The maximum Gasteiger partial charge on any atom is 0.263 e. The van der Waals surface area contributed by atoms with Crippen LogP contribution in [0.25, 0.3) is 0 Å². The average Bonchev–Trinajstić information content (AvgIpc) is 2.72. The van der Waals surface area contributed by atoms with Gasteiger partial charge < -0.3 is 23.7 Å². The van der Waals surface area contributed by atoms with Crippen LogP contribution in [0.3, 0.4) is 0 Å². The Labute approximate surface area is 177 Å². The van der Waals surface area contributed by atoms with Gasteiger partial charge in [0.2, 0.25) is 0 Å². The van der Waals surface area contributed by atoms with E-state index in [4.69, 9.17) is 14.2 Å². The lowest BCUT2D eigenvalue weighted by Crippen LogP contribution is -2.49. The number of ether oxygens (including phenoxy) is 3. The minimum absolute atomic E-state index is 0.0472. The number of aryl methyl sites for hydroxylation is 3. The summed E-state index contributed by atoms with van der Waals surface area (Å²) in [5, 5.41) is 0. The van der Waals surface area contributed by atoms with Gasteiger partial charge in [-0.2, -0.15) is 0 Å². The third-order valence-corrected chi connectivity index (χ3v) is 5.38. The molecule has 2 atom stereocenters. The third-order valence-electron chi connectivity index (χ3n) is 5.38. The number of carbonyl (C=O) groups is 1. The van der Waals surface area contributed by atoms with Gasteiger partial charge in [-0.3, -0.25) is 9.59 Å². The number of rotatable bonds is 6. The van der Waals surface area contributed by atoms with Crippen LogP contribution in [0.15, 0.2) is 35.3 Å². The molecule has 1 aromatic carbocycles. The Kier molecular flexibility index (Phi) is 6.82. The molecule has 162 valence electrons. The topological polar surface area (TPSA) is 70.0 Å². The van der Waals surface area contributed by atoms with E-state index in [1.807, 2.05) is 38.1 Å². The number of nitrogens with zero attached hydrogens (tertiary/aromatic N) is 2. The molecule has 0 N–H and O–H groups in total. The van der Waals surface area contributed by atoms with Crippen LogP contribution in [0.5, 0.6) is 11.5 Å². The van der Waals surface area contributed by atoms with Crippen molar-refractivity contribution in [2.75, 3.05) is 27.3 Å². The first-order chi connectivity index (χ1) is 14.3. The van der Waals surface area contributed by atoms with Gasteiger partial charge in [0.25, 0.3) is 11.5 Å². The van der Waals surface area contributed by atoms with Crippen molar-refractivity contribution >= 4 is 5.91 Å². The molecule has 30 heavy (non-hydrogen) atoms. The minimum Gasteiger partial charge on any atom is -0.493 e. The standard InChI is InChI=1S/C23H30N2O5/c1-15-8-10-24(11-9-18-6-7-19(28-4)20(12-18)29-5)22(26)21(15)23(27)25-13-16(2)30-17(3)14-25/h6-8,10,12,16-17H,9,11,13-14H2,1-5H3/t16-,17+. The van der Waals surface area contributed by atoms with Gasteiger partial charge in [-0.05, 0) is 56.5 Å². The van der Waals surface area contributed by atoms with Gasteiger partial charge in [-0.15, -0.1) is 0 Å². The Hall–Kier alpha value is -2.80. The Morgan fingerprint density at radius 3 is 2.40 bits per heavy atom. The van der Waals surface area contributed by atoms with Crippen LogP contribution < -0.4 is 15.0 Å². The quantitative estimate of drug-likeness (QED) is 0.727. The summed E-state index contributed by atoms with van der Waals surface area (Å²) in [7, 11) is 3.19. The molecule has 2 aromatic rings. The number of carbonyl (C=O) groups excluding carboxylic acids is 1. The van der Waals surface area contributed by atoms with Crippen LogP contribution in [-0.4, -0.2) is 54.9 Å². The highest BCUT2D eigenvalue weighted by Gasteiger charge is 2.29. The van der Waals surface area contributed by atoms with E-state index in [0.717, 1.165) is 5.56 Å². The molecule has 1 aliphatic heterocycles. The normalized spacial score (nSPS) is 18.9. The van der Waals surface area contributed by atoms with Gasteiger partial charge in [0.1, 0.15) is 5.56 Å². The monoisotopic (exact) mass is 414 g/mol. The first-order valence-corrected chi connectivity index (χ1v) is 10.2. The van der Waals surface area contributed by atoms with Crippen molar-refractivity contribution in [3.63, 3.8) is 0 Å². The Morgan fingerprint density at radius 2 is 1.77 bits per heavy atom. The lowest BCUT2D eigenvalue weighted by atomic mass is 10.1. The van der Waals surface area contributed by atoms with Crippen molar-refractivity contribution in [1.29, 1.82) is 0 Å². The molecular weight excluding hydrogens is 384 g/mol. The van der Waals surface area contributed by atoms with Crippen LogP contribution in [-0.2, 0) is 17.7 Å². The average molecular weight is 415 g/mol. The smallest absolute Gasteiger partial charge is 0.263 e. The molecule has 1 fully saturated rings. The second-order valence-electron chi connectivity index (χ2n) is 7.78. The van der Waals surface area contributed by atoms with E-state index in [9.17, 15) is 9.59 Å². The summed E-state index contributed by atoms with van der Waals surface area (Å²) in [5.41, 5.74) is 1.70. The Balaban J connectivity index is 1.81. The highest BCUT2D eigenvalue weighted by atomic mass is 16.5. The Bertz CT molecular complexity index is 959. The summed E-state index contributed by atoms with van der Waals surface area (Å²) in [5.74, 6) is 1.09. The van der Waals surface area contributed by atoms with Gasteiger partial charge in [0.05, 0.1) is 26.4 Å². The fraction of sp³-hybridized carbons (Fsp3) is 0.478. The first kappa shape index (κ1) is 21.9. The molecule has 0 unspecified atom stereocenters. The molecule has 0 spiro atoms. The van der Waals surface area contributed by atoms with Gasteiger partial charge in [0, 0.05) is 25.8 Å². The van der Waals surface area contributed by atoms with Crippen LogP contribution in [0.4, 0.5) is 0 Å². The van der Waals surface area contributed by atoms with Crippen LogP contribution >= 0.6 is 0 Å². The molecule has 2 heterocycles. The van der Waals surface area contributed by atoms with E-state index < -0.39 is 0 Å². The van der Waals surface area contributed by atoms with E-state index in [2.05, 4.69) is 0 Å². The predicted octanol–water partition coefficient (Wildman–Crippen LogP) is 2.67. The van der Waals surface area contributed by atoms with E-state index >= 15 is 0 Å². The SMILES string of the molecule is COc1ccc(CCn2ccc(C)c(C(=O)N3C[C@@H](C)O[C@@H](C)C3)c2=O)cc1OC. The second-order valence-corrected chi connectivity index (χ2v) is 7.78. The number of amides is 1. The van der Waals surface area contributed by atoms with E-state index in [-0.39, 0.29) is 29.2 Å². The summed E-state index contributed by atoms with van der Waals surface area (Å²) in [6.45, 7) is 7.13. The molecular formula is C23H30N2O5. The van der Waals surface area contributed by atoms with Crippen molar-refractivity contribution in [3.8, 4) is 11.5 Å². The summed E-state index contributed by atoms with van der Waals surface area (Å²) in [6, 6.07) is 7.53. The number of hydrogen-bond acceptors (Lipinski definition) is 5. The fourth-order valence-electron chi connectivity index (χ4n) is 3.89. The third kappa shape index (κ3) is 4.67. The van der Waals surface area contributed by atoms with Crippen LogP contribution in [0, 0.1) is 6.92 Å². The molecule has 7 heteroatoms. The molecule has 0 saturated carbocycles. The fourth-order valence-corrected chi connectivity index (χ4v) is 3.89. The maximum atomic E-state index is 13.1. The maximum absolute atomic E-state index is 13.1. The summed E-state index contributed by atoms with van der Waals surface area (Å²) in [4.78, 5) is 28.0. The zero-order chi connectivity index (χ0) is 21.8. The molecule has 0 radical (unpaired) electrons. The van der Waals surface area contributed by atoms with Gasteiger partial charge in [-0.25, -0.2) is 0 Å². The van der Waals surface area contributed by atoms with E-state index in [1.54, 1.807) is 36.8 Å². The molecule has 1 aromatic heterocycles. The predicted molar refractivity (Wildman–Crippen MR) is 115 cm³/mol. The van der Waals surface area contributed by atoms with Crippen molar-refractivity contribution in [1.82, 2.24) is 9.47 Å². The zero-order valence-electron chi connectivity index (χ0n) is 18.3. The number of hydrogen-bond donors (Lipinski definition) is 0. The van der Waals surface area contributed by atoms with Gasteiger partial charge in [0.15, 0.2) is 11.5 Å². The lowest BCUT2D eigenvalue weighted by molar-refractivity contribution is -0.0586.